The Balaban J connectivity index is 1.60. The highest BCUT2D eigenvalue weighted by molar-refractivity contribution is 5.98. The van der Waals surface area contributed by atoms with Crippen LogP contribution >= 0.6 is 0 Å². The van der Waals surface area contributed by atoms with Crippen LogP contribution in [-0.2, 0) is 4.79 Å². The number of amides is 2. The lowest BCUT2D eigenvalue weighted by atomic mass is 9.97. The number of hydrogen-bond donors (Lipinski definition) is 1. The first kappa shape index (κ1) is 17.1. The van der Waals surface area contributed by atoms with Crippen LogP contribution in [0.5, 0.6) is 0 Å². The van der Waals surface area contributed by atoms with Crippen LogP contribution in [0.3, 0.4) is 0 Å². The van der Waals surface area contributed by atoms with Gasteiger partial charge in [0.25, 0.3) is 5.91 Å². The summed E-state index contributed by atoms with van der Waals surface area (Å²) in [4.78, 5) is 26.0. The molecule has 2 aromatic carbocycles. The summed E-state index contributed by atoms with van der Waals surface area (Å²) < 4.78 is 26.2. The fourth-order valence-corrected chi connectivity index (χ4v) is 2.73. The number of nitrogens with zero attached hydrogens (tertiary/aromatic N) is 1. The maximum Gasteiger partial charge on any atom is 0.254 e. The van der Waals surface area contributed by atoms with Gasteiger partial charge in [0.15, 0.2) is 11.6 Å². The van der Waals surface area contributed by atoms with Gasteiger partial charge in [0.05, 0.1) is 5.92 Å². The van der Waals surface area contributed by atoms with Crippen molar-refractivity contribution in [3.05, 3.63) is 64.7 Å². The molecular weight excluding hydrogens is 326 g/mol. The molecule has 0 bridgehead atoms. The number of rotatable bonds is 3. The third-order valence-corrected chi connectivity index (χ3v) is 4.36. The van der Waals surface area contributed by atoms with Crippen molar-refractivity contribution in [1.29, 1.82) is 0 Å². The smallest absolute Gasteiger partial charge is 0.254 e. The number of halogens is 2. The molecule has 0 aromatic heterocycles. The number of hydrogen-bond acceptors (Lipinski definition) is 2. The van der Waals surface area contributed by atoms with Crippen LogP contribution in [0, 0.1) is 31.4 Å². The second-order valence-electron chi connectivity index (χ2n) is 6.34. The van der Waals surface area contributed by atoms with Crippen LogP contribution in [0.15, 0.2) is 36.4 Å². The van der Waals surface area contributed by atoms with Gasteiger partial charge in [0, 0.05) is 24.3 Å². The molecule has 0 spiro atoms. The van der Waals surface area contributed by atoms with Crippen molar-refractivity contribution in [1.82, 2.24) is 4.90 Å². The Morgan fingerprint density at radius 3 is 2.44 bits per heavy atom. The van der Waals surface area contributed by atoms with E-state index in [9.17, 15) is 18.4 Å². The number of likely N-dealkylation sites (tertiary alicyclic amines) is 1. The third-order valence-electron chi connectivity index (χ3n) is 4.36. The summed E-state index contributed by atoms with van der Waals surface area (Å²) >= 11 is 0. The first-order valence-corrected chi connectivity index (χ1v) is 7.97. The van der Waals surface area contributed by atoms with E-state index >= 15 is 0 Å². The summed E-state index contributed by atoms with van der Waals surface area (Å²) in [6, 6.07) is 8.84. The Labute approximate surface area is 144 Å². The minimum atomic E-state index is -1.06. The van der Waals surface area contributed by atoms with E-state index in [2.05, 4.69) is 5.32 Å². The molecule has 1 aliphatic heterocycles. The van der Waals surface area contributed by atoms with Crippen LogP contribution in [0.4, 0.5) is 14.5 Å². The molecule has 2 amide bonds. The van der Waals surface area contributed by atoms with E-state index in [0.29, 0.717) is 0 Å². The zero-order chi connectivity index (χ0) is 18.1. The van der Waals surface area contributed by atoms with Gasteiger partial charge < -0.3 is 10.2 Å². The number of anilines is 1. The molecule has 1 aliphatic rings. The molecule has 4 nitrogen and oxygen atoms in total. The second-order valence-corrected chi connectivity index (χ2v) is 6.34. The van der Waals surface area contributed by atoms with Gasteiger partial charge >= 0.3 is 0 Å². The summed E-state index contributed by atoms with van der Waals surface area (Å²) in [7, 11) is 0. The van der Waals surface area contributed by atoms with Gasteiger partial charge in [-0.1, -0.05) is 12.1 Å². The normalized spacial score (nSPS) is 14.2. The molecular formula is C19H18F2N2O2. The van der Waals surface area contributed by atoms with Crippen molar-refractivity contribution in [3.63, 3.8) is 0 Å². The molecule has 6 heteroatoms. The van der Waals surface area contributed by atoms with Crippen LogP contribution in [0.25, 0.3) is 0 Å². The summed E-state index contributed by atoms with van der Waals surface area (Å²) in [5.41, 5.74) is 2.85. The molecule has 1 heterocycles. The van der Waals surface area contributed by atoms with Crippen molar-refractivity contribution in [2.45, 2.75) is 13.8 Å². The van der Waals surface area contributed by atoms with E-state index in [-0.39, 0.29) is 30.5 Å². The number of carbonyl (C=O) groups excluding carboxylic acids is 2. The first-order chi connectivity index (χ1) is 11.8. The van der Waals surface area contributed by atoms with Gasteiger partial charge in [-0.2, -0.15) is 0 Å². The maximum atomic E-state index is 13.2. The number of carbonyl (C=O) groups is 2. The largest absolute Gasteiger partial charge is 0.337 e. The Hall–Kier alpha value is -2.76. The summed E-state index contributed by atoms with van der Waals surface area (Å²) in [6.07, 6.45) is 0. The number of aryl methyl sites for hydroxylation is 2. The summed E-state index contributed by atoms with van der Waals surface area (Å²) in [6.45, 7) is 4.37. The minimum absolute atomic E-state index is 0.0762. The molecule has 1 fully saturated rings. The van der Waals surface area contributed by atoms with Crippen molar-refractivity contribution < 1.29 is 18.4 Å². The molecule has 0 saturated carbocycles. The molecule has 130 valence electrons. The van der Waals surface area contributed by atoms with Gasteiger partial charge in [0.2, 0.25) is 5.91 Å². The minimum Gasteiger partial charge on any atom is -0.337 e. The molecule has 1 N–H and O–H groups in total. The lowest BCUT2D eigenvalue weighted by molar-refractivity contribution is -0.123. The maximum absolute atomic E-state index is 13.2. The molecule has 2 aromatic rings. The monoisotopic (exact) mass is 344 g/mol. The summed E-state index contributed by atoms with van der Waals surface area (Å²) in [5.74, 6) is -2.92. The van der Waals surface area contributed by atoms with Crippen LogP contribution in [0.1, 0.15) is 21.5 Å². The van der Waals surface area contributed by atoms with Crippen molar-refractivity contribution in [2.24, 2.45) is 5.92 Å². The fraction of sp³-hybridized carbons (Fsp3) is 0.263. The Morgan fingerprint density at radius 1 is 1.04 bits per heavy atom. The molecule has 0 radical (unpaired) electrons. The predicted molar refractivity (Wildman–Crippen MR) is 90.3 cm³/mol. The number of nitrogens with one attached hydrogen (secondary N) is 1. The zero-order valence-corrected chi connectivity index (χ0v) is 14.0. The Bertz CT molecular complexity index is 845. The van der Waals surface area contributed by atoms with Crippen molar-refractivity contribution in [2.75, 3.05) is 18.4 Å². The Kier molecular flexibility index (Phi) is 4.53. The van der Waals surface area contributed by atoms with Crippen molar-refractivity contribution in [3.8, 4) is 0 Å². The highest BCUT2D eigenvalue weighted by Crippen LogP contribution is 2.23. The third kappa shape index (κ3) is 3.52. The average Bonchev–Trinajstić information content (AvgIpc) is 2.52. The van der Waals surface area contributed by atoms with E-state index in [1.165, 1.54) is 11.0 Å². The van der Waals surface area contributed by atoms with E-state index in [1.807, 2.05) is 32.0 Å². The van der Waals surface area contributed by atoms with E-state index in [4.69, 9.17) is 0 Å². The van der Waals surface area contributed by atoms with E-state index in [0.717, 1.165) is 28.9 Å². The van der Waals surface area contributed by atoms with E-state index in [1.54, 1.807) is 0 Å². The molecule has 25 heavy (non-hydrogen) atoms. The highest BCUT2D eigenvalue weighted by atomic mass is 19.2. The predicted octanol–water partition coefficient (Wildman–Crippen LogP) is 3.29. The van der Waals surface area contributed by atoms with Crippen molar-refractivity contribution >= 4 is 17.5 Å². The number of benzene rings is 2. The fourth-order valence-electron chi connectivity index (χ4n) is 2.73. The summed E-state index contributed by atoms with van der Waals surface area (Å²) in [5, 5.41) is 2.88. The van der Waals surface area contributed by atoms with Gasteiger partial charge in [-0.25, -0.2) is 8.78 Å². The van der Waals surface area contributed by atoms with Gasteiger partial charge in [-0.15, -0.1) is 0 Å². The molecule has 0 atom stereocenters. The molecule has 1 saturated heterocycles. The second kappa shape index (κ2) is 6.63. The molecule has 0 unspecified atom stereocenters. The molecule has 3 rings (SSSR count). The standard InChI is InChI=1S/C19H18F2N2O2/c1-11-3-4-12(2)17(7-11)22-18(24)14-9-23(10-14)19(25)13-5-6-15(20)16(21)8-13/h3-8,14H,9-10H2,1-2H3,(H,22,24). The average molecular weight is 344 g/mol. The topological polar surface area (TPSA) is 49.4 Å². The zero-order valence-electron chi connectivity index (χ0n) is 14.0. The van der Waals surface area contributed by atoms with Crippen LogP contribution in [0.2, 0.25) is 0 Å². The van der Waals surface area contributed by atoms with Gasteiger partial charge in [-0.05, 0) is 49.2 Å². The lowest BCUT2D eigenvalue weighted by Crippen LogP contribution is -2.54. The lowest BCUT2D eigenvalue weighted by Gasteiger charge is -2.38. The Morgan fingerprint density at radius 2 is 1.76 bits per heavy atom. The van der Waals surface area contributed by atoms with Gasteiger partial charge in [-0.3, -0.25) is 9.59 Å². The SMILES string of the molecule is Cc1ccc(C)c(NC(=O)C2CN(C(=O)c3ccc(F)c(F)c3)C2)c1. The quantitative estimate of drug-likeness (QED) is 0.929. The van der Waals surface area contributed by atoms with Crippen LogP contribution < -0.4 is 5.32 Å². The molecule has 0 aliphatic carbocycles. The van der Waals surface area contributed by atoms with E-state index < -0.39 is 17.5 Å². The van der Waals surface area contributed by atoms with Gasteiger partial charge in [0.1, 0.15) is 0 Å². The highest BCUT2D eigenvalue weighted by Gasteiger charge is 2.36. The first-order valence-electron chi connectivity index (χ1n) is 7.97. The van der Waals surface area contributed by atoms with Crippen LogP contribution in [-0.4, -0.2) is 29.8 Å².